The molecule has 154 valence electrons. The Morgan fingerprint density at radius 1 is 1.03 bits per heavy atom. The minimum Gasteiger partial charge on any atom is -0.455 e. The third-order valence-electron chi connectivity index (χ3n) is 5.13. The molecule has 0 atom stereocenters. The van der Waals surface area contributed by atoms with E-state index in [0.717, 1.165) is 30.9 Å². The number of anilines is 1. The van der Waals surface area contributed by atoms with Crippen molar-refractivity contribution in [3.63, 3.8) is 0 Å². The lowest BCUT2D eigenvalue weighted by atomic mass is 10.2. The standard InChI is InChI=1S/C24H26N4O2/c1-19-6-4-8-21(16-19)30-23-10-3-2-9-22(23)26-24(29)28-14-12-27(13-15-28)18-20-7-5-11-25-17-20/h2-11,16-17H,12-15,18H2,1H3,(H,26,29). The van der Waals surface area contributed by atoms with E-state index in [1.54, 1.807) is 6.20 Å². The highest BCUT2D eigenvalue weighted by molar-refractivity contribution is 5.91. The zero-order valence-electron chi connectivity index (χ0n) is 17.1. The van der Waals surface area contributed by atoms with Gasteiger partial charge in [-0.3, -0.25) is 9.88 Å². The largest absolute Gasteiger partial charge is 0.455 e. The molecule has 30 heavy (non-hydrogen) atoms. The molecule has 4 rings (SSSR count). The zero-order chi connectivity index (χ0) is 20.8. The molecule has 1 aliphatic heterocycles. The van der Waals surface area contributed by atoms with Gasteiger partial charge in [0.1, 0.15) is 5.75 Å². The predicted octanol–water partition coefficient (Wildman–Crippen LogP) is 4.53. The number of pyridine rings is 1. The van der Waals surface area contributed by atoms with Crippen LogP contribution in [0.3, 0.4) is 0 Å². The van der Waals surface area contributed by atoms with Gasteiger partial charge in [0, 0.05) is 45.1 Å². The van der Waals surface area contributed by atoms with Crippen molar-refractivity contribution in [2.75, 3.05) is 31.5 Å². The van der Waals surface area contributed by atoms with Crippen LogP contribution >= 0.6 is 0 Å². The number of piperazine rings is 1. The molecule has 6 nitrogen and oxygen atoms in total. The van der Waals surface area contributed by atoms with Crippen LogP contribution in [0.1, 0.15) is 11.1 Å². The molecule has 0 radical (unpaired) electrons. The number of nitrogens with zero attached hydrogens (tertiary/aromatic N) is 3. The molecule has 1 aromatic heterocycles. The van der Waals surface area contributed by atoms with Gasteiger partial charge < -0.3 is 15.0 Å². The van der Waals surface area contributed by atoms with E-state index in [4.69, 9.17) is 4.74 Å². The lowest BCUT2D eigenvalue weighted by Gasteiger charge is -2.34. The van der Waals surface area contributed by atoms with Gasteiger partial charge in [-0.1, -0.05) is 30.3 Å². The number of para-hydroxylation sites is 2. The second-order valence-corrected chi connectivity index (χ2v) is 7.47. The molecule has 6 heteroatoms. The van der Waals surface area contributed by atoms with Gasteiger partial charge in [-0.25, -0.2) is 4.79 Å². The summed E-state index contributed by atoms with van der Waals surface area (Å²) in [4.78, 5) is 21.2. The number of carbonyl (C=O) groups is 1. The second kappa shape index (κ2) is 9.41. The molecule has 0 unspecified atom stereocenters. The number of hydrogen-bond donors (Lipinski definition) is 1. The van der Waals surface area contributed by atoms with Gasteiger partial charge >= 0.3 is 6.03 Å². The van der Waals surface area contributed by atoms with E-state index >= 15 is 0 Å². The average Bonchev–Trinajstić information content (AvgIpc) is 2.76. The molecule has 3 aromatic rings. The first-order valence-corrected chi connectivity index (χ1v) is 10.2. The third-order valence-corrected chi connectivity index (χ3v) is 5.13. The number of nitrogens with one attached hydrogen (secondary N) is 1. The third kappa shape index (κ3) is 5.15. The summed E-state index contributed by atoms with van der Waals surface area (Å²) in [5.74, 6) is 1.38. The van der Waals surface area contributed by atoms with E-state index in [0.29, 0.717) is 24.5 Å². The Hall–Kier alpha value is -3.38. The normalized spacial score (nSPS) is 14.4. The fraction of sp³-hybridized carbons (Fsp3) is 0.250. The summed E-state index contributed by atoms with van der Waals surface area (Å²) < 4.78 is 6.01. The summed E-state index contributed by atoms with van der Waals surface area (Å²) in [6.45, 7) is 5.93. The maximum atomic E-state index is 12.8. The first kappa shape index (κ1) is 19.9. The Kier molecular flexibility index (Phi) is 6.25. The number of aromatic nitrogens is 1. The summed E-state index contributed by atoms with van der Waals surface area (Å²) in [7, 11) is 0. The topological polar surface area (TPSA) is 57.7 Å². The van der Waals surface area contributed by atoms with Gasteiger partial charge in [0.05, 0.1) is 5.69 Å². The number of carbonyl (C=O) groups excluding carboxylic acids is 1. The molecular weight excluding hydrogens is 376 g/mol. The van der Waals surface area contributed by atoms with Crippen molar-refractivity contribution in [1.82, 2.24) is 14.8 Å². The Labute approximate surface area is 177 Å². The monoisotopic (exact) mass is 402 g/mol. The smallest absolute Gasteiger partial charge is 0.322 e. The quantitative estimate of drug-likeness (QED) is 0.681. The molecule has 0 spiro atoms. The van der Waals surface area contributed by atoms with E-state index in [2.05, 4.69) is 21.3 Å². The van der Waals surface area contributed by atoms with E-state index in [1.165, 1.54) is 5.56 Å². The Morgan fingerprint density at radius 2 is 1.87 bits per heavy atom. The van der Waals surface area contributed by atoms with Crippen LogP contribution in [0.4, 0.5) is 10.5 Å². The number of urea groups is 1. The molecule has 2 amide bonds. The molecule has 1 saturated heterocycles. The van der Waals surface area contributed by atoms with Gasteiger partial charge in [-0.15, -0.1) is 0 Å². The molecule has 1 aliphatic rings. The van der Waals surface area contributed by atoms with Crippen molar-refractivity contribution < 1.29 is 9.53 Å². The minimum absolute atomic E-state index is 0.101. The molecule has 0 saturated carbocycles. The maximum absolute atomic E-state index is 12.8. The van der Waals surface area contributed by atoms with Gasteiger partial charge in [-0.05, 0) is 48.4 Å². The summed E-state index contributed by atoms with van der Waals surface area (Å²) in [6, 6.07) is 19.3. The van der Waals surface area contributed by atoms with Gasteiger partial charge in [0.2, 0.25) is 0 Å². The number of rotatable bonds is 5. The average molecular weight is 402 g/mol. The first-order chi connectivity index (χ1) is 14.7. The maximum Gasteiger partial charge on any atom is 0.322 e. The lowest BCUT2D eigenvalue weighted by Crippen LogP contribution is -2.49. The van der Waals surface area contributed by atoms with Crippen molar-refractivity contribution in [3.05, 3.63) is 84.2 Å². The highest BCUT2D eigenvalue weighted by Crippen LogP contribution is 2.30. The van der Waals surface area contributed by atoms with Crippen molar-refractivity contribution >= 4 is 11.7 Å². The van der Waals surface area contributed by atoms with Crippen molar-refractivity contribution in [3.8, 4) is 11.5 Å². The van der Waals surface area contributed by atoms with Crippen LogP contribution in [0.5, 0.6) is 11.5 Å². The highest BCUT2D eigenvalue weighted by Gasteiger charge is 2.22. The van der Waals surface area contributed by atoms with Gasteiger partial charge in [-0.2, -0.15) is 0 Å². The van der Waals surface area contributed by atoms with Gasteiger partial charge in [0.15, 0.2) is 5.75 Å². The highest BCUT2D eigenvalue weighted by atomic mass is 16.5. The van der Waals surface area contributed by atoms with E-state index in [-0.39, 0.29) is 6.03 Å². The zero-order valence-corrected chi connectivity index (χ0v) is 17.1. The molecule has 1 fully saturated rings. The van der Waals surface area contributed by atoms with E-state index in [9.17, 15) is 4.79 Å². The van der Waals surface area contributed by atoms with E-state index < -0.39 is 0 Å². The van der Waals surface area contributed by atoms with Gasteiger partial charge in [0.25, 0.3) is 0 Å². The number of amides is 2. The van der Waals surface area contributed by atoms with Crippen LogP contribution in [0.25, 0.3) is 0 Å². The summed E-state index contributed by atoms with van der Waals surface area (Å²) >= 11 is 0. The predicted molar refractivity (Wildman–Crippen MR) is 118 cm³/mol. The Balaban J connectivity index is 1.34. The summed E-state index contributed by atoms with van der Waals surface area (Å²) in [5, 5.41) is 3.01. The fourth-order valence-electron chi connectivity index (χ4n) is 3.52. The first-order valence-electron chi connectivity index (χ1n) is 10.2. The molecular formula is C24H26N4O2. The minimum atomic E-state index is -0.101. The molecule has 0 bridgehead atoms. The van der Waals surface area contributed by atoms with Crippen LogP contribution in [0, 0.1) is 6.92 Å². The Morgan fingerprint density at radius 3 is 2.63 bits per heavy atom. The number of hydrogen-bond acceptors (Lipinski definition) is 4. The van der Waals surface area contributed by atoms with Crippen molar-refractivity contribution in [2.24, 2.45) is 0 Å². The van der Waals surface area contributed by atoms with Crippen LogP contribution in [0.15, 0.2) is 73.1 Å². The SMILES string of the molecule is Cc1cccc(Oc2ccccc2NC(=O)N2CCN(Cc3cccnc3)CC2)c1. The van der Waals surface area contributed by atoms with Crippen molar-refractivity contribution in [1.29, 1.82) is 0 Å². The van der Waals surface area contributed by atoms with Crippen LogP contribution in [0.2, 0.25) is 0 Å². The number of benzene rings is 2. The van der Waals surface area contributed by atoms with E-state index in [1.807, 2.05) is 72.6 Å². The molecule has 2 heterocycles. The molecule has 2 aromatic carbocycles. The van der Waals surface area contributed by atoms with Crippen LogP contribution in [-0.2, 0) is 6.54 Å². The second-order valence-electron chi connectivity index (χ2n) is 7.47. The molecule has 0 aliphatic carbocycles. The summed E-state index contributed by atoms with van der Waals surface area (Å²) in [6.07, 6.45) is 3.68. The Bertz CT molecular complexity index is 985. The van der Waals surface area contributed by atoms with Crippen LogP contribution in [-0.4, -0.2) is 47.0 Å². The van der Waals surface area contributed by atoms with Crippen molar-refractivity contribution in [2.45, 2.75) is 13.5 Å². The number of aryl methyl sites for hydroxylation is 1. The summed E-state index contributed by atoms with van der Waals surface area (Å²) in [5.41, 5.74) is 2.98. The lowest BCUT2D eigenvalue weighted by molar-refractivity contribution is 0.143. The molecule has 1 N–H and O–H groups in total. The fourth-order valence-corrected chi connectivity index (χ4v) is 3.52. The number of ether oxygens (including phenoxy) is 1. The van der Waals surface area contributed by atoms with Crippen LogP contribution < -0.4 is 10.1 Å².